The number of amides is 3. The Morgan fingerprint density at radius 1 is 0.879 bits per heavy atom. The van der Waals surface area contributed by atoms with Crippen LogP contribution in [0.25, 0.3) is 50.5 Å². The smallest absolute Gasteiger partial charge is 0.415 e. The van der Waals surface area contributed by atoms with Crippen LogP contribution in [-0.2, 0) is 16.1 Å². The molecule has 1 atom stereocenters. The quantitative estimate of drug-likeness (QED) is 0.127. The average Bonchev–Trinajstić information content (AvgIpc) is 3.91. The van der Waals surface area contributed by atoms with Crippen LogP contribution in [0.4, 0.5) is 4.79 Å². The number of fused-ring (bicyclic) bond motifs is 5. The van der Waals surface area contributed by atoms with Crippen LogP contribution >= 0.6 is 0 Å². The molecule has 7 aromatic rings. The Balaban J connectivity index is 0.790. The predicted octanol–water partition coefficient (Wildman–Crippen LogP) is 8.10. The maximum absolute atomic E-state index is 14.1. The molecule has 16 heteroatoms. The SMILES string of the molecule is CCNC(=O)c1nnc(-c2cc(C(C)C)c(O)cc2O)n1-c1ccc(OC2CCN(C(=O)C3CCCCN3C(=O)Oc3ccc4nc5c(cc4c3)cn3cc4c(cc53)C=COC4)CC2)cc1. The summed E-state index contributed by atoms with van der Waals surface area (Å²) in [7, 11) is 0. The summed E-state index contributed by atoms with van der Waals surface area (Å²) in [6.07, 6.45) is 10.5. The lowest BCUT2D eigenvalue weighted by molar-refractivity contribution is -0.139. The molecule has 0 spiro atoms. The Morgan fingerprint density at radius 2 is 1.68 bits per heavy atom. The highest BCUT2D eigenvalue weighted by molar-refractivity contribution is 6.01. The summed E-state index contributed by atoms with van der Waals surface area (Å²) in [6.45, 7) is 7.94. The second-order valence-corrected chi connectivity index (χ2v) is 17.4. The van der Waals surface area contributed by atoms with Gasteiger partial charge in [0, 0.05) is 79.5 Å². The minimum atomic E-state index is -0.620. The number of nitrogens with one attached hydrogen (secondary N) is 1. The van der Waals surface area contributed by atoms with Crippen molar-refractivity contribution in [1.82, 2.24) is 39.3 Å². The number of hydrogen-bond acceptors (Lipinski definition) is 11. The summed E-state index contributed by atoms with van der Waals surface area (Å²) in [5.74, 6) is 0.465. The van der Waals surface area contributed by atoms with Crippen LogP contribution in [0.2, 0.25) is 0 Å². The van der Waals surface area contributed by atoms with E-state index in [1.807, 2.05) is 43.2 Å². The molecule has 0 bridgehead atoms. The number of likely N-dealkylation sites (tertiary alicyclic amines) is 2. The molecule has 3 aromatic carbocycles. The van der Waals surface area contributed by atoms with Gasteiger partial charge in [0.15, 0.2) is 5.82 Å². The maximum Gasteiger partial charge on any atom is 0.415 e. The fourth-order valence-corrected chi connectivity index (χ4v) is 9.31. The molecule has 3 amide bonds. The zero-order chi connectivity index (χ0) is 45.6. The number of piperidine rings is 2. The Kier molecular flexibility index (Phi) is 11.2. The van der Waals surface area contributed by atoms with E-state index in [9.17, 15) is 24.6 Å². The zero-order valence-electron chi connectivity index (χ0n) is 36.9. The summed E-state index contributed by atoms with van der Waals surface area (Å²) in [5, 5.41) is 34.5. The average molecular weight is 891 g/mol. The number of pyridine rings is 2. The minimum absolute atomic E-state index is 0.0348. The third-order valence-corrected chi connectivity index (χ3v) is 12.7. The summed E-state index contributed by atoms with van der Waals surface area (Å²) >= 11 is 0. The molecule has 1 unspecified atom stereocenters. The van der Waals surface area contributed by atoms with Crippen LogP contribution in [0.5, 0.6) is 23.0 Å². The van der Waals surface area contributed by atoms with Crippen LogP contribution in [0, 0.1) is 0 Å². The second kappa shape index (κ2) is 17.4. The van der Waals surface area contributed by atoms with Crippen LogP contribution in [0.1, 0.15) is 86.1 Å². The molecule has 10 rings (SSSR count). The molecule has 16 nitrogen and oxygen atoms in total. The molecule has 3 aliphatic heterocycles. The number of benzene rings is 3. The monoisotopic (exact) mass is 890 g/mol. The van der Waals surface area contributed by atoms with E-state index in [1.54, 1.807) is 59.1 Å². The van der Waals surface area contributed by atoms with Crippen molar-refractivity contribution in [3.05, 3.63) is 108 Å². The first-order valence-electron chi connectivity index (χ1n) is 22.5. The zero-order valence-corrected chi connectivity index (χ0v) is 36.9. The standard InChI is InChI=1S/C50H50N8O8/c1-4-51-48(61)47-54-53-46(39-24-38(29(2)3)43(59)25-44(39)60)58(47)34-8-10-35(11-9-34)65-36-14-18-55(19-15-36)49(62)41-7-5-6-17-57(41)50(63)66-37-12-13-40-31(22-37)21-32-26-56-27-33-28-64-20-16-30(33)23-42(56)45(32)52-40/h8-13,16,20-27,29,36,41,59-60H,4-7,14-15,17-19,28H2,1-3H3,(H,51,61). The highest BCUT2D eigenvalue weighted by Crippen LogP contribution is 2.39. The van der Waals surface area contributed by atoms with E-state index >= 15 is 0 Å². The highest BCUT2D eigenvalue weighted by Gasteiger charge is 2.37. The molecule has 3 N–H and O–H groups in total. The van der Waals surface area contributed by atoms with Crippen molar-refractivity contribution in [3.63, 3.8) is 0 Å². The number of carbonyl (C=O) groups excluding carboxylic acids is 3. The first-order chi connectivity index (χ1) is 32.0. The summed E-state index contributed by atoms with van der Waals surface area (Å²) in [5.41, 5.74) is 6.38. The normalized spacial score (nSPS) is 16.5. The van der Waals surface area contributed by atoms with Gasteiger partial charge in [-0.25, -0.2) is 9.78 Å². The molecule has 0 aliphatic carbocycles. The molecule has 338 valence electrons. The number of phenolic OH excluding ortho intramolecular Hbond substituents is 2. The first-order valence-corrected chi connectivity index (χ1v) is 22.5. The molecule has 2 saturated heterocycles. The van der Waals surface area contributed by atoms with Gasteiger partial charge in [-0.1, -0.05) is 13.8 Å². The first kappa shape index (κ1) is 42.3. The molecule has 4 aromatic heterocycles. The minimum Gasteiger partial charge on any atom is -0.508 e. The van der Waals surface area contributed by atoms with E-state index in [1.165, 1.54) is 6.07 Å². The van der Waals surface area contributed by atoms with Crippen molar-refractivity contribution in [2.24, 2.45) is 0 Å². The van der Waals surface area contributed by atoms with Crippen molar-refractivity contribution in [3.8, 4) is 40.1 Å². The molecular formula is C50H50N8O8. The number of ether oxygens (including phenoxy) is 3. The lowest BCUT2D eigenvalue weighted by atomic mass is 9.98. The summed E-state index contributed by atoms with van der Waals surface area (Å²) in [6, 6.07) is 19.1. The Hall–Kier alpha value is -7.62. The van der Waals surface area contributed by atoms with E-state index in [0.717, 1.165) is 51.3 Å². The van der Waals surface area contributed by atoms with Gasteiger partial charge in [-0.05, 0) is 110 Å². The van der Waals surface area contributed by atoms with Gasteiger partial charge in [0.25, 0.3) is 5.91 Å². The second-order valence-electron chi connectivity index (χ2n) is 17.4. The fraction of sp³-hybridized carbons (Fsp3) is 0.320. The molecule has 0 saturated carbocycles. The lowest BCUT2D eigenvalue weighted by Gasteiger charge is -2.39. The van der Waals surface area contributed by atoms with E-state index in [2.05, 4.69) is 38.2 Å². The Labute approximate surface area is 380 Å². The number of rotatable bonds is 9. The van der Waals surface area contributed by atoms with Crippen LogP contribution < -0.4 is 14.8 Å². The van der Waals surface area contributed by atoms with E-state index in [0.29, 0.717) is 80.4 Å². The molecular weight excluding hydrogens is 841 g/mol. The molecule has 7 heterocycles. The van der Waals surface area contributed by atoms with Crippen molar-refractivity contribution in [2.45, 2.75) is 77.5 Å². The fourth-order valence-electron chi connectivity index (χ4n) is 9.31. The summed E-state index contributed by atoms with van der Waals surface area (Å²) < 4.78 is 21.5. The molecule has 0 radical (unpaired) electrons. The van der Waals surface area contributed by atoms with Gasteiger partial charge in [-0.15, -0.1) is 10.2 Å². The van der Waals surface area contributed by atoms with Crippen LogP contribution in [0.3, 0.4) is 0 Å². The topological polar surface area (TPSA) is 186 Å². The van der Waals surface area contributed by atoms with E-state index < -0.39 is 18.0 Å². The van der Waals surface area contributed by atoms with Gasteiger partial charge in [0.2, 0.25) is 11.7 Å². The number of aromatic hydroxyl groups is 2. The Bertz CT molecular complexity index is 3060. The number of hydrogen-bond donors (Lipinski definition) is 3. The number of phenols is 2. The number of aromatic nitrogens is 5. The van der Waals surface area contributed by atoms with Crippen LogP contribution in [-0.4, -0.2) is 100 Å². The van der Waals surface area contributed by atoms with E-state index in [-0.39, 0.29) is 41.1 Å². The van der Waals surface area contributed by atoms with Crippen molar-refractivity contribution >= 4 is 51.3 Å². The van der Waals surface area contributed by atoms with Crippen LogP contribution in [0.15, 0.2) is 85.4 Å². The maximum atomic E-state index is 14.1. The largest absolute Gasteiger partial charge is 0.508 e. The predicted molar refractivity (Wildman–Crippen MR) is 247 cm³/mol. The van der Waals surface area contributed by atoms with Gasteiger partial charge >= 0.3 is 6.09 Å². The lowest BCUT2D eigenvalue weighted by Crippen LogP contribution is -2.55. The summed E-state index contributed by atoms with van der Waals surface area (Å²) in [4.78, 5) is 49.4. The van der Waals surface area contributed by atoms with Crippen molar-refractivity contribution in [1.29, 1.82) is 0 Å². The number of nitrogens with zero attached hydrogens (tertiary/aromatic N) is 7. The van der Waals surface area contributed by atoms with Gasteiger partial charge in [0.05, 0.1) is 28.4 Å². The third-order valence-electron chi connectivity index (χ3n) is 12.7. The van der Waals surface area contributed by atoms with Gasteiger partial charge in [0.1, 0.15) is 41.8 Å². The molecule has 66 heavy (non-hydrogen) atoms. The van der Waals surface area contributed by atoms with E-state index in [4.69, 9.17) is 19.2 Å². The number of carbonyl (C=O) groups is 3. The van der Waals surface area contributed by atoms with Gasteiger partial charge < -0.3 is 39.0 Å². The van der Waals surface area contributed by atoms with Crippen molar-refractivity contribution < 1.29 is 38.8 Å². The molecule has 2 fully saturated rings. The van der Waals surface area contributed by atoms with Gasteiger partial charge in [-0.3, -0.25) is 19.1 Å². The Morgan fingerprint density at radius 3 is 2.47 bits per heavy atom. The molecule has 3 aliphatic rings. The van der Waals surface area contributed by atoms with Gasteiger partial charge in [-0.2, -0.15) is 0 Å². The highest BCUT2D eigenvalue weighted by atomic mass is 16.6. The van der Waals surface area contributed by atoms with Crippen molar-refractivity contribution in [2.75, 3.05) is 26.2 Å². The third kappa shape index (κ3) is 7.96.